The molecule has 0 spiro atoms. The van der Waals surface area contributed by atoms with Crippen molar-refractivity contribution in [1.29, 1.82) is 0 Å². The molecule has 1 saturated heterocycles. The summed E-state index contributed by atoms with van der Waals surface area (Å²) in [5, 5.41) is 0. The van der Waals surface area contributed by atoms with E-state index in [-0.39, 0.29) is 11.8 Å². The van der Waals surface area contributed by atoms with Crippen LogP contribution in [0.25, 0.3) is 0 Å². The molecule has 2 amide bonds. The van der Waals surface area contributed by atoms with Crippen molar-refractivity contribution in [3.63, 3.8) is 0 Å². The summed E-state index contributed by atoms with van der Waals surface area (Å²) < 4.78 is 15.9. The van der Waals surface area contributed by atoms with Crippen LogP contribution in [0.5, 0.6) is 17.2 Å². The van der Waals surface area contributed by atoms with Gasteiger partial charge in [0.1, 0.15) is 0 Å². The van der Waals surface area contributed by atoms with Crippen LogP contribution in [0.3, 0.4) is 0 Å². The summed E-state index contributed by atoms with van der Waals surface area (Å²) in [6.07, 6.45) is 0. The number of piperazine rings is 1. The molecule has 7 heteroatoms. The smallest absolute Gasteiger partial charge is 0.254 e. The zero-order valence-electron chi connectivity index (χ0n) is 16.4. The lowest BCUT2D eigenvalue weighted by atomic mass is 9.94. The fraction of sp³-hybridized carbons (Fsp3) is 0.579. The van der Waals surface area contributed by atoms with Crippen LogP contribution in [0.4, 0.5) is 0 Å². The highest BCUT2D eigenvalue weighted by Crippen LogP contribution is 2.38. The van der Waals surface area contributed by atoms with Crippen molar-refractivity contribution < 1.29 is 23.8 Å². The Morgan fingerprint density at radius 3 is 1.69 bits per heavy atom. The minimum absolute atomic E-state index is 0.109. The molecule has 0 N–H and O–H groups in total. The lowest BCUT2D eigenvalue weighted by Gasteiger charge is -2.37. The van der Waals surface area contributed by atoms with Gasteiger partial charge in [-0.25, -0.2) is 0 Å². The normalized spacial score (nSPS) is 14.8. The average molecular weight is 364 g/mol. The fourth-order valence-electron chi connectivity index (χ4n) is 2.97. The predicted molar refractivity (Wildman–Crippen MR) is 98.0 cm³/mol. The highest BCUT2D eigenvalue weighted by molar-refractivity contribution is 5.96. The Labute approximate surface area is 154 Å². The van der Waals surface area contributed by atoms with Crippen molar-refractivity contribution in [2.24, 2.45) is 5.41 Å². The van der Waals surface area contributed by atoms with E-state index in [9.17, 15) is 9.59 Å². The molecule has 0 unspecified atom stereocenters. The van der Waals surface area contributed by atoms with Crippen LogP contribution in [0.1, 0.15) is 31.1 Å². The highest BCUT2D eigenvalue weighted by Gasteiger charge is 2.31. The number of carbonyl (C=O) groups is 2. The van der Waals surface area contributed by atoms with Crippen molar-refractivity contribution >= 4 is 11.8 Å². The molecule has 1 aliphatic heterocycles. The molecule has 1 aromatic rings. The first kappa shape index (κ1) is 19.9. The summed E-state index contributed by atoms with van der Waals surface area (Å²) in [6, 6.07) is 3.30. The summed E-state index contributed by atoms with van der Waals surface area (Å²) >= 11 is 0. The summed E-state index contributed by atoms with van der Waals surface area (Å²) in [5.74, 6) is 1.32. The molecule has 2 rings (SSSR count). The van der Waals surface area contributed by atoms with Gasteiger partial charge in [-0.15, -0.1) is 0 Å². The molecule has 1 aliphatic rings. The molecule has 7 nitrogen and oxygen atoms in total. The van der Waals surface area contributed by atoms with Gasteiger partial charge >= 0.3 is 0 Å². The van der Waals surface area contributed by atoms with Crippen LogP contribution in [0.15, 0.2) is 12.1 Å². The minimum Gasteiger partial charge on any atom is -0.493 e. The summed E-state index contributed by atoms with van der Waals surface area (Å²) in [6.45, 7) is 7.78. The number of hydrogen-bond acceptors (Lipinski definition) is 5. The number of hydrogen-bond donors (Lipinski definition) is 0. The van der Waals surface area contributed by atoms with Gasteiger partial charge in [-0.3, -0.25) is 9.59 Å². The summed E-state index contributed by atoms with van der Waals surface area (Å²) in [5.41, 5.74) is 0.0539. The summed E-state index contributed by atoms with van der Waals surface area (Å²) in [4.78, 5) is 28.8. The molecule has 0 aliphatic carbocycles. The quantitative estimate of drug-likeness (QED) is 0.818. The van der Waals surface area contributed by atoms with Crippen molar-refractivity contribution in [2.75, 3.05) is 47.5 Å². The summed E-state index contributed by atoms with van der Waals surface area (Å²) in [7, 11) is 4.55. The Balaban J connectivity index is 2.15. The van der Waals surface area contributed by atoms with Gasteiger partial charge in [0.2, 0.25) is 11.7 Å². The second kappa shape index (κ2) is 7.85. The van der Waals surface area contributed by atoms with Crippen LogP contribution >= 0.6 is 0 Å². The Hall–Kier alpha value is -2.44. The van der Waals surface area contributed by atoms with Gasteiger partial charge in [-0.05, 0) is 12.1 Å². The van der Waals surface area contributed by atoms with Gasteiger partial charge in [0.25, 0.3) is 5.91 Å². The topological polar surface area (TPSA) is 68.3 Å². The maximum absolute atomic E-state index is 12.9. The lowest BCUT2D eigenvalue weighted by molar-refractivity contribution is -0.140. The van der Waals surface area contributed by atoms with Gasteiger partial charge < -0.3 is 24.0 Å². The van der Waals surface area contributed by atoms with Crippen molar-refractivity contribution in [3.8, 4) is 17.2 Å². The Bertz CT molecular complexity index is 648. The molecule has 1 heterocycles. The fourth-order valence-corrected chi connectivity index (χ4v) is 2.97. The number of ether oxygens (including phenoxy) is 3. The standard InChI is InChI=1S/C19H28N2O5/c1-19(2,3)18(23)21-9-7-20(8-10-21)17(22)13-11-14(24-4)16(26-6)15(12-13)25-5/h11-12H,7-10H2,1-6H3. The van der Waals surface area contributed by atoms with Gasteiger partial charge in [0, 0.05) is 37.2 Å². The molecule has 0 radical (unpaired) electrons. The van der Waals surface area contributed by atoms with Gasteiger partial charge in [-0.1, -0.05) is 20.8 Å². The monoisotopic (exact) mass is 364 g/mol. The molecule has 0 aromatic heterocycles. The lowest BCUT2D eigenvalue weighted by Crippen LogP contribution is -2.53. The van der Waals surface area contributed by atoms with E-state index >= 15 is 0 Å². The molecule has 0 bridgehead atoms. The van der Waals surface area contributed by atoms with Crippen LogP contribution in [0, 0.1) is 5.41 Å². The van der Waals surface area contributed by atoms with Gasteiger partial charge in [-0.2, -0.15) is 0 Å². The highest BCUT2D eigenvalue weighted by atomic mass is 16.5. The van der Waals surface area contributed by atoms with Crippen molar-refractivity contribution in [3.05, 3.63) is 17.7 Å². The second-order valence-electron chi connectivity index (χ2n) is 7.25. The molecule has 1 aromatic carbocycles. The third-order valence-corrected chi connectivity index (χ3v) is 4.41. The molecule has 0 saturated carbocycles. The number of carbonyl (C=O) groups excluding carboxylic acids is 2. The van der Waals surface area contributed by atoms with E-state index < -0.39 is 5.41 Å². The number of methoxy groups -OCH3 is 3. The zero-order valence-corrected chi connectivity index (χ0v) is 16.4. The number of rotatable bonds is 4. The van der Waals surface area contributed by atoms with E-state index in [0.29, 0.717) is 49.0 Å². The van der Waals surface area contributed by atoms with Crippen LogP contribution in [-0.4, -0.2) is 69.1 Å². The predicted octanol–water partition coefficient (Wildman–Crippen LogP) is 2.04. The van der Waals surface area contributed by atoms with Gasteiger partial charge in [0.05, 0.1) is 21.3 Å². The molecule has 0 atom stereocenters. The van der Waals surface area contributed by atoms with E-state index in [4.69, 9.17) is 14.2 Å². The first-order valence-corrected chi connectivity index (χ1v) is 8.61. The van der Waals surface area contributed by atoms with Crippen molar-refractivity contribution in [1.82, 2.24) is 9.80 Å². The average Bonchev–Trinajstić information content (AvgIpc) is 2.64. The number of nitrogens with zero attached hydrogens (tertiary/aromatic N) is 2. The minimum atomic E-state index is -0.414. The Morgan fingerprint density at radius 2 is 1.31 bits per heavy atom. The van der Waals surface area contributed by atoms with Gasteiger partial charge in [0.15, 0.2) is 11.5 Å². The van der Waals surface area contributed by atoms with Crippen LogP contribution in [-0.2, 0) is 4.79 Å². The Kier molecular flexibility index (Phi) is 6.00. The van der Waals surface area contributed by atoms with E-state index in [1.807, 2.05) is 25.7 Å². The maximum Gasteiger partial charge on any atom is 0.254 e. The third-order valence-electron chi connectivity index (χ3n) is 4.41. The maximum atomic E-state index is 12.9. The Morgan fingerprint density at radius 1 is 0.846 bits per heavy atom. The zero-order chi connectivity index (χ0) is 19.5. The van der Waals surface area contributed by atoms with Crippen molar-refractivity contribution in [2.45, 2.75) is 20.8 Å². The third kappa shape index (κ3) is 4.03. The molecule has 144 valence electrons. The molecule has 1 fully saturated rings. The number of benzene rings is 1. The number of amides is 2. The van der Waals surface area contributed by atoms with E-state index in [1.54, 1.807) is 17.0 Å². The second-order valence-corrected chi connectivity index (χ2v) is 7.25. The van der Waals surface area contributed by atoms with Crippen LogP contribution < -0.4 is 14.2 Å². The van der Waals surface area contributed by atoms with Crippen LogP contribution in [0.2, 0.25) is 0 Å². The molecular formula is C19H28N2O5. The first-order chi connectivity index (χ1) is 12.2. The van der Waals surface area contributed by atoms with E-state index in [2.05, 4.69) is 0 Å². The van der Waals surface area contributed by atoms with E-state index in [1.165, 1.54) is 21.3 Å². The SMILES string of the molecule is COc1cc(C(=O)N2CCN(C(=O)C(C)(C)C)CC2)cc(OC)c1OC. The molecule has 26 heavy (non-hydrogen) atoms. The first-order valence-electron chi connectivity index (χ1n) is 8.61. The van der Waals surface area contributed by atoms with E-state index in [0.717, 1.165) is 0 Å². The molecular weight excluding hydrogens is 336 g/mol. The largest absolute Gasteiger partial charge is 0.493 e.